The second kappa shape index (κ2) is 7.92. The minimum Gasteiger partial charge on any atom is -0.488 e. The lowest BCUT2D eigenvalue weighted by molar-refractivity contribution is 0.0538. The Morgan fingerprint density at radius 1 is 1.34 bits per heavy atom. The molecule has 0 aliphatic heterocycles. The fourth-order valence-electron chi connectivity index (χ4n) is 3.60. The lowest BCUT2D eigenvalue weighted by Gasteiger charge is -2.27. The average molecular weight is 417 g/mol. The fourth-order valence-corrected chi connectivity index (χ4v) is 4.59. The Hall–Kier alpha value is -2.78. The van der Waals surface area contributed by atoms with E-state index in [1.165, 1.54) is 18.5 Å². The predicted molar refractivity (Wildman–Crippen MR) is 108 cm³/mol. The number of thiophene rings is 1. The third kappa shape index (κ3) is 4.01. The largest absolute Gasteiger partial charge is 0.488 e. The Kier molecular flexibility index (Phi) is 5.33. The predicted octanol–water partition coefficient (Wildman–Crippen LogP) is 4.26. The van der Waals surface area contributed by atoms with Crippen LogP contribution in [0.4, 0.5) is 15.9 Å². The van der Waals surface area contributed by atoms with Crippen molar-refractivity contribution in [3.63, 3.8) is 0 Å². The Morgan fingerprint density at radius 2 is 2.17 bits per heavy atom. The number of aromatic carboxylic acids is 1. The molecule has 0 bridgehead atoms. The molecule has 0 spiro atoms. The van der Waals surface area contributed by atoms with Gasteiger partial charge in [-0.25, -0.2) is 19.2 Å². The number of aliphatic hydroxyl groups excluding tert-OH is 1. The highest BCUT2D eigenvalue weighted by Gasteiger charge is 2.23. The maximum atomic E-state index is 13.9. The van der Waals surface area contributed by atoms with Gasteiger partial charge in [0.2, 0.25) is 0 Å². The highest BCUT2D eigenvalue weighted by molar-refractivity contribution is 7.20. The molecule has 3 aromatic rings. The van der Waals surface area contributed by atoms with Crippen molar-refractivity contribution < 1.29 is 24.1 Å². The van der Waals surface area contributed by atoms with Gasteiger partial charge in [0.1, 0.15) is 39.5 Å². The van der Waals surface area contributed by atoms with Crippen molar-refractivity contribution in [3.8, 4) is 5.75 Å². The number of aromatic nitrogens is 2. The molecular formula is C20H20FN3O4S. The van der Waals surface area contributed by atoms with Gasteiger partial charge in [-0.3, -0.25) is 0 Å². The summed E-state index contributed by atoms with van der Waals surface area (Å²) in [5, 5.41) is 23.0. The topological polar surface area (TPSA) is 105 Å². The van der Waals surface area contributed by atoms with Gasteiger partial charge in [0, 0.05) is 12.5 Å². The van der Waals surface area contributed by atoms with Gasteiger partial charge in [-0.15, -0.1) is 11.3 Å². The van der Waals surface area contributed by atoms with Crippen molar-refractivity contribution in [1.82, 2.24) is 9.97 Å². The molecule has 1 fully saturated rings. The van der Waals surface area contributed by atoms with E-state index in [1.54, 1.807) is 13.0 Å². The van der Waals surface area contributed by atoms with Crippen molar-refractivity contribution in [3.05, 3.63) is 40.8 Å². The number of carbonyl (C=O) groups is 1. The molecule has 0 saturated heterocycles. The molecule has 2 heterocycles. The SMILES string of the molecule is Cc1c(C(=O)O)sc2ncnc(Nc3ccc(F)cc3OC3CCCC(O)C3)c12. The van der Waals surface area contributed by atoms with Gasteiger partial charge < -0.3 is 20.3 Å². The second-order valence-electron chi connectivity index (χ2n) is 7.09. The zero-order chi connectivity index (χ0) is 20.5. The third-order valence-electron chi connectivity index (χ3n) is 5.01. The van der Waals surface area contributed by atoms with Crippen LogP contribution in [0.3, 0.4) is 0 Å². The number of carboxylic acids is 1. The van der Waals surface area contributed by atoms with E-state index in [0.29, 0.717) is 39.5 Å². The van der Waals surface area contributed by atoms with Gasteiger partial charge in [0.25, 0.3) is 0 Å². The van der Waals surface area contributed by atoms with E-state index in [2.05, 4.69) is 15.3 Å². The lowest BCUT2D eigenvalue weighted by atomic mass is 9.95. The number of ether oxygens (including phenoxy) is 1. The molecule has 0 amide bonds. The van der Waals surface area contributed by atoms with E-state index in [0.717, 1.165) is 30.6 Å². The summed E-state index contributed by atoms with van der Waals surface area (Å²) < 4.78 is 19.9. The quantitative estimate of drug-likeness (QED) is 0.570. The monoisotopic (exact) mass is 417 g/mol. The second-order valence-corrected chi connectivity index (χ2v) is 8.09. The summed E-state index contributed by atoms with van der Waals surface area (Å²) in [7, 11) is 0. The number of hydrogen-bond donors (Lipinski definition) is 3. The molecular weight excluding hydrogens is 397 g/mol. The van der Waals surface area contributed by atoms with Gasteiger partial charge in [0.15, 0.2) is 0 Å². The molecule has 1 aromatic carbocycles. The fraction of sp³-hybridized carbons (Fsp3) is 0.350. The van der Waals surface area contributed by atoms with Crippen molar-refractivity contribution in [2.75, 3.05) is 5.32 Å². The zero-order valence-corrected chi connectivity index (χ0v) is 16.5. The third-order valence-corrected chi connectivity index (χ3v) is 6.20. The number of benzene rings is 1. The molecule has 3 N–H and O–H groups in total. The number of nitrogens with zero attached hydrogens (tertiary/aromatic N) is 2. The maximum Gasteiger partial charge on any atom is 0.346 e. The number of hydrogen-bond acceptors (Lipinski definition) is 7. The van der Waals surface area contributed by atoms with Gasteiger partial charge in [-0.2, -0.15) is 0 Å². The number of fused-ring (bicyclic) bond motifs is 1. The molecule has 0 radical (unpaired) electrons. The summed E-state index contributed by atoms with van der Waals surface area (Å²) in [6.45, 7) is 1.71. The summed E-state index contributed by atoms with van der Waals surface area (Å²) in [6.07, 6.45) is 3.62. The lowest BCUT2D eigenvalue weighted by Crippen LogP contribution is -2.28. The summed E-state index contributed by atoms with van der Waals surface area (Å²) in [5.74, 6) is -0.702. The zero-order valence-electron chi connectivity index (χ0n) is 15.7. The Morgan fingerprint density at radius 3 is 2.93 bits per heavy atom. The molecule has 2 aromatic heterocycles. The maximum absolute atomic E-state index is 13.9. The first-order valence-corrected chi connectivity index (χ1v) is 10.1. The molecule has 1 aliphatic rings. The summed E-state index contributed by atoms with van der Waals surface area (Å²) in [6, 6.07) is 4.16. The molecule has 152 valence electrons. The molecule has 2 atom stereocenters. The van der Waals surface area contributed by atoms with Crippen LogP contribution in [0.15, 0.2) is 24.5 Å². The number of anilines is 2. The van der Waals surface area contributed by atoms with Crippen LogP contribution in [0, 0.1) is 12.7 Å². The number of aliphatic hydroxyl groups is 1. The molecule has 4 rings (SSSR count). The van der Waals surface area contributed by atoms with Crippen LogP contribution in [0.25, 0.3) is 10.2 Å². The summed E-state index contributed by atoms with van der Waals surface area (Å²) in [5.41, 5.74) is 1.08. The van der Waals surface area contributed by atoms with Crippen LogP contribution >= 0.6 is 11.3 Å². The first-order valence-electron chi connectivity index (χ1n) is 9.31. The number of carboxylic acid groups (broad SMARTS) is 1. The molecule has 9 heteroatoms. The number of halogens is 1. The van der Waals surface area contributed by atoms with E-state index in [4.69, 9.17) is 4.74 Å². The van der Waals surface area contributed by atoms with E-state index in [1.807, 2.05) is 0 Å². The van der Waals surface area contributed by atoms with Crippen LogP contribution in [-0.4, -0.2) is 38.4 Å². The van der Waals surface area contributed by atoms with Gasteiger partial charge in [-0.1, -0.05) is 0 Å². The van der Waals surface area contributed by atoms with Gasteiger partial charge in [0.05, 0.1) is 17.2 Å². The van der Waals surface area contributed by atoms with Crippen molar-refractivity contribution in [1.29, 1.82) is 0 Å². The Labute approximate surface area is 170 Å². The minimum absolute atomic E-state index is 0.201. The molecule has 2 unspecified atom stereocenters. The van der Waals surface area contributed by atoms with Crippen molar-refractivity contribution >= 4 is 39.0 Å². The average Bonchev–Trinajstić information content (AvgIpc) is 3.02. The molecule has 7 nitrogen and oxygen atoms in total. The van der Waals surface area contributed by atoms with E-state index < -0.39 is 17.9 Å². The van der Waals surface area contributed by atoms with Crippen LogP contribution in [-0.2, 0) is 0 Å². The number of aryl methyl sites for hydroxylation is 1. The van der Waals surface area contributed by atoms with Crippen molar-refractivity contribution in [2.24, 2.45) is 0 Å². The summed E-state index contributed by atoms with van der Waals surface area (Å²) >= 11 is 1.08. The van der Waals surface area contributed by atoms with Crippen LogP contribution in [0.1, 0.15) is 40.9 Å². The highest BCUT2D eigenvalue weighted by Crippen LogP contribution is 2.37. The first kappa shape index (κ1) is 19.5. The van der Waals surface area contributed by atoms with Crippen molar-refractivity contribution in [2.45, 2.75) is 44.8 Å². The van der Waals surface area contributed by atoms with E-state index in [-0.39, 0.29) is 11.0 Å². The summed E-state index contributed by atoms with van der Waals surface area (Å²) in [4.78, 5) is 20.6. The molecule has 1 aliphatic carbocycles. The van der Waals surface area contributed by atoms with Crippen LogP contribution in [0.5, 0.6) is 5.75 Å². The molecule has 1 saturated carbocycles. The van der Waals surface area contributed by atoms with E-state index >= 15 is 0 Å². The standard InChI is InChI=1S/C20H20FN3O4S/c1-10-16-18(22-9-23-19(16)29-17(10)20(26)27)24-14-6-5-11(21)7-15(14)28-13-4-2-3-12(25)8-13/h5-7,9,12-13,25H,2-4,8H2,1H3,(H,26,27)(H,22,23,24). The van der Waals surface area contributed by atoms with Gasteiger partial charge >= 0.3 is 5.97 Å². The minimum atomic E-state index is -1.02. The van der Waals surface area contributed by atoms with Gasteiger partial charge in [-0.05, 0) is 43.9 Å². The smallest absolute Gasteiger partial charge is 0.346 e. The normalized spacial score (nSPS) is 19.3. The van der Waals surface area contributed by atoms with Crippen LogP contribution in [0.2, 0.25) is 0 Å². The Balaban J connectivity index is 1.69. The number of rotatable bonds is 5. The van der Waals surface area contributed by atoms with E-state index in [9.17, 15) is 19.4 Å². The van der Waals surface area contributed by atoms with Crippen LogP contribution < -0.4 is 10.1 Å². The Bertz CT molecular complexity index is 1070. The molecule has 29 heavy (non-hydrogen) atoms. The first-order chi connectivity index (χ1) is 13.9. The number of nitrogens with one attached hydrogen (secondary N) is 1. The highest BCUT2D eigenvalue weighted by atomic mass is 32.1.